The first-order valence-electron chi connectivity index (χ1n) is 6.56. The SMILES string of the molecule is CSc1c(C#N)c(N)[nH]c(=O)c1/C(N)=C/C(=O)c1ccccc1. The molecule has 0 bridgehead atoms. The Bertz CT molecular complexity index is 879. The molecular formula is C16H14N4O2S. The van der Waals surface area contributed by atoms with Crippen molar-refractivity contribution in [3.05, 3.63) is 63.5 Å². The summed E-state index contributed by atoms with van der Waals surface area (Å²) in [6.07, 6.45) is 2.88. The molecule has 5 N–H and O–H groups in total. The van der Waals surface area contributed by atoms with Crippen molar-refractivity contribution in [2.45, 2.75) is 4.90 Å². The average molecular weight is 326 g/mol. The number of nitrogens with one attached hydrogen (secondary N) is 1. The van der Waals surface area contributed by atoms with Crippen molar-refractivity contribution >= 4 is 29.1 Å². The zero-order valence-electron chi connectivity index (χ0n) is 12.3. The highest BCUT2D eigenvalue weighted by molar-refractivity contribution is 7.98. The van der Waals surface area contributed by atoms with E-state index in [4.69, 9.17) is 11.5 Å². The van der Waals surface area contributed by atoms with Gasteiger partial charge in [0.05, 0.1) is 5.56 Å². The number of carbonyl (C=O) groups excluding carboxylic acids is 1. The lowest BCUT2D eigenvalue weighted by atomic mass is 10.1. The van der Waals surface area contributed by atoms with Gasteiger partial charge in [-0.1, -0.05) is 30.3 Å². The predicted octanol–water partition coefficient (Wildman–Crippen LogP) is 1.73. The number of anilines is 1. The molecule has 0 aliphatic carbocycles. The number of H-pyrrole nitrogens is 1. The fraction of sp³-hybridized carbons (Fsp3) is 0.0625. The summed E-state index contributed by atoms with van der Waals surface area (Å²) >= 11 is 1.17. The van der Waals surface area contributed by atoms with Crippen LogP contribution in [0.1, 0.15) is 21.5 Å². The third-order valence-electron chi connectivity index (χ3n) is 3.15. The lowest BCUT2D eigenvalue weighted by molar-refractivity contribution is 0.104. The molecule has 1 aromatic carbocycles. The van der Waals surface area contributed by atoms with Crippen molar-refractivity contribution in [2.24, 2.45) is 5.73 Å². The first-order chi connectivity index (χ1) is 11.0. The van der Waals surface area contributed by atoms with Gasteiger partial charge < -0.3 is 16.5 Å². The number of aromatic nitrogens is 1. The first kappa shape index (κ1) is 16.4. The minimum Gasteiger partial charge on any atom is -0.398 e. The van der Waals surface area contributed by atoms with Crippen LogP contribution in [-0.2, 0) is 0 Å². The molecule has 1 heterocycles. The minimum atomic E-state index is -0.541. The standard InChI is InChI=1S/C16H14N4O2S/c1-23-14-10(8-17)15(19)20-16(22)13(14)11(18)7-12(21)9-5-3-2-4-6-9/h2-7H,18H2,1H3,(H3,19,20,22)/b11-7-. The van der Waals surface area contributed by atoms with Gasteiger partial charge in [-0.25, -0.2) is 0 Å². The van der Waals surface area contributed by atoms with Crippen LogP contribution in [-0.4, -0.2) is 17.0 Å². The van der Waals surface area contributed by atoms with Crippen LogP contribution in [0.15, 0.2) is 46.1 Å². The van der Waals surface area contributed by atoms with Crippen LogP contribution >= 0.6 is 11.8 Å². The summed E-state index contributed by atoms with van der Waals surface area (Å²) in [6.45, 7) is 0. The maximum Gasteiger partial charge on any atom is 0.260 e. The van der Waals surface area contributed by atoms with Crippen molar-refractivity contribution in [3.63, 3.8) is 0 Å². The fourth-order valence-electron chi connectivity index (χ4n) is 2.07. The summed E-state index contributed by atoms with van der Waals surface area (Å²) in [5.74, 6) is -0.349. The molecule has 2 rings (SSSR count). The molecule has 0 unspecified atom stereocenters. The monoisotopic (exact) mass is 326 g/mol. The molecule has 0 spiro atoms. The Hall–Kier alpha value is -2.98. The number of thioether (sulfide) groups is 1. The number of hydrogen-bond donors (Lipinski definition) is 3. The highest BCUT2D eigenvalue weighted by Crippen LogP contribution is 2.28. The minimum absolute atomic E-state index is 0.0130. The molecule has 0 saturated carbocycles. The molecule has 0 amide bonds. The number of nitrogens with zero attached hydrogens (tertiary/aromatic N) is 1. The van der Waals surface area contributed by atoms with E-state index in [1.807, 2.05) is 6.07 Å². The van der Waals surface area contributed by atoms with Gasteiger partial charge in [-0.2, -0.15) is 5.26 Å². The summed E-state index contributed by atoms with van der Waals surface area (Å²) in [6, 6.07) is 10.5. The molecular weight excluding hydrogens is 312 g/mol. The number of benzene rings is 1. The van der Waals surface area contributed by atoms with Crippen molar-refractivity contribution in [3.8, 4) is 6.07 Å². The molecule has 0 radical (unpaired) electrons. The van der Waals surface area contributed by atoms with Crippen molar-refractivity contribution in [2.75, 3.05) is 12.0 Å². The van der Waals surface area contributed by atoms with Gasteiger partial charge in [0, 0.05) is 22.2 Å². The topological polar surface area (TPSA) is 126 Å². The summed E-state index contributed by atoms with van der Waals surface area (Å²) in [5, 5.41) is 9.19. The van der Waals surface area contributed by atoms with E-state index in [0.717, 1.165) is 0 Å². The molecule has 2 aromatic rings. The summed E-state index contributed by atoms with van der Waals surface area (Å²) in [5.41, 5.74) is 11.7. The Morgan fingerprint density at radius 3 is 2.57 bits per heavy atom. The fourth-order valence-corrected chi connectivity index (χ4v) is 2.85. The molecule has 0 aliphatic heterocycles. The molecule has 6 nitrogen and oxygen atoms in total. The number of nitriles is 1. The molecule has 0 saturated heterocycles. The van der Waals surface area contributed by atoms with Gasteiger partial charge in [0.1, 0.15) is 17.5 Å². The number of ketones is 1. The average Bonchev–Trinajstić information content (AvgIpc) is 2.54. The molecule has 116 valence electrons. The largest absolute Gasteiger partial charge is 0.398 e. The predicted molar refractivity (Wildman–Crippen MR) is 90.9 cm³/mol. The smallest absolute Gasteiger partial charge is 0.260 e. The summed E-state index contributed by atoms with van der Waals surface area (Å²) in [7, 11) is 0. The van der Waals surface area contributed by atoms with Gasteiger partial charge in [0.25, 0.3) is 5.56 Å². The third-order valence-corrected chi connectivity index (χ3v) is 3.96. The van der Waals surface area contributed by atoms with Gasteiger partial charge in [-0.15, -0.1) is 11.8 Å². The Morgan fingerprint density at radius 2 is 2.00 bits per heavy atom. The van der Waals surface area contributed by atoms with E-state index >= 15 is 0 Å². The number of nitrogens with two attached hydrogens (primary N) is 2. The number of hydrogen-bond acceptors (Lipinski definition) is 6. The molecule has 0 fully saturated rings. The molecule has 0 atom stereocenters. The highest BCUT2D eigenvalue weighted by atomic mass is 32.2. The first-order valence-corrected chi connectivity index (χ1v) is 7.78. The number of rotatable bonds is 4. The van der Waals surface area contributed by atoms with Gasteiger partial charge >= 0.3 is 0 Å². The number of aromatic amines is 1. The van der Waals surface area contributed by atoms with E-state index in [1.165, 1.54) is 17.8 Å². The molecule has 7 heteroatoms. The lowest BCUT2D eigenvalue weighted by Gasteiger charge is -2.10. The van der Waals surface area contributed by atoms with Gasteiger partial charge in [-0.05, 0) is 6.26 Å². The zero-order valence-corrected chi connectivity index (χ0v) is 13.1. The highest BCUT2D eigenvalue weighted by Gasteiger charge is 2.18. The quantitative estimate of drug-likeness (QED) is 0.446. The normalized spacial score (nSPS) is 11.0. The molecule has 23 heavy (non-hydrogen) atoms. The Kier molecular flexibility index (Phi) is 4.88. The molecule has 1 aromatic heterocycles. The van der Waals surface area contributed by atoms with Crippen molar-refractivity contribution in [1.82, 2.24) is 4.98 Å². The number of pyridine rings is 1. The van der Waals surface area contributed by atoms with Crippen LogP contribution in [0.3, 0.4) is 0 Å². The van der Waals surface area contributed by atoms with E-state index in [0.29, 0.717) is 10.5 Å². The number of nitrogen functional groups attached to an aromatic ring is 1. The number of allylic oxidation sites excluding steroid dienone is 1. The second-order valence-electron chi connectivity index (χ2n) is 4.59. The van der Waals surface area contributed by atoms with Crippen molar-refractivity contribution in [1.29, 1.82) is 5.26 Å². The van der Waals surface area contributed by atoms with Crippen LogP contribution in [0.25, 0.3) is 5.70 Å². The Labute approximate surface area is 136 Å². The van der Waals surface area contributed by atoms with Crippen LogP contribution in [0.5, 0.6) is 0 Å². The van der Waals surface area contributed by atoms with Crippen molar-refractivity contribution < 1.29 is 4.79 Å². The lowest BCUT2D eigenvalue weighted by Crippen LogP contribution is -2.20. The second kappa shape index (κ2) is 6.85. The number of carbonyl (C=O) groups is 1. The van der Waals surface area contributed by atoms with E-state index in [1.54, 1.807) is 36.6 Å². The van der Waals surface area contributed by atoms with Gasteiger partial charge in [0.15, 0.2) is 5.78 Å². The van der Waals surface area contributed by atoms with Crippen LogP contribution in [0, 0.1) is 11.3 Å². The van der Waals surface area contributed by atoms with Crippen LogP contribution < -0.4 is 17.0 Å². The van der Waals surface area contributed by atoms with Crippen LogP contribution in [0.4, 0.5) is 5.82 Å². The summed E-state index contributed by atoms with van der Waals surface area (Å²) in [4.78, 5) is 27.1. The maximum absolute atomic E-state index is 12.2. The zero-order chi connectivity index (χ0) is 17.0. The van der Waals surface area contributed by atoms with E-state index in [2.05, 4.69) is 4.98 Å². The van der Waals surface area contributed by atoms with Crippen LogP contribution in [0.2, 0.25) is 0 Å². The maximum atomic E-state index is 12.2. The summed E-state index contributed by atoms with van der Waals surface area (Å²) < 4.78 is 0. The van der Waals surface area contributed by atoms with E-state index in [9.17, 15) is 14.9 Å². The Balaban J connectivity index is 2.58. The molecule has 0 aliphatic rings. The van der Waals surface area contributed by atoms with Gasteiger partial charge in [0.2, 0.25) is 0 Å². The Morgan fingerprint density at radius 1 is 1.35 bits per heavy atom. The third kappa shape index (κ3) is 3.27. The van der Waals surface area contributed by atoms with E-state index in [-0.39, 0.29) is 28.4 Å². The van der Waals surface area contributed by atoms with E-state index < -0.39 is 5.56 Å². The second-order valence-corrected chi connectivity index (χ2v) is 5.41. The van der Waals surface area contributed by atoms with Gasteiger partial charge in [-0.3, -0.25) is 9.59 Å².